The van der Waals surface area contributed by atoms with Crippen molar-refractivity contribution in [2.75, 3.05) is 13.2 Å². The van der Waals surface area contributed by atoms with Crippen molar-refractivity contribution in [3.63, 3.8) is 0 Å². The molecule has 0 radical (unpaired) electrons. The highest BCUT2D eigenvalue weighted by Gasteiger charge is 2.09. The lowest BCUT2D eigenvalue weighted by Gasteiger charge is -2.17. The number of nitrogens with one attached hydrogen (secondary N) is 1. The van der Waals surface area contributed by atoms with Crippen LogP contribution in [0.1, 0.15) is 18.0 Å². The average Bonchev–Trinajstić information content (AvgIpc) is 2.35. The fourth-order valence-corrected chi connectivity index (χ4v) is 1.61. The number of aliphatic hydroxyl groups excluding tert-OH is 1. The molecule has 1 unspecified atom stereocenters. The molecule has 0 aliphatic carbocycles. The topological polar surface area (TPSA) is 32.3 Å². The van der Waals surface area contributed by atoms with Gasteiger partial charge >= 0.3 is 0 Å². The summed E-state index contributed by atoms with van der Waals surface area (Å²) in [6, 6.07) is 10.0. The molecule has 0 saturated carbocycles. The second kappa shape index (κ2) is 7.69. The van der Waals surface area contributed by atoms with Crippen molar-refractivity contribution in [2.24, 2.45) is 0 Å². The summed E-state index contributed by atoms with van der Waals surface area (Å²) in [5.41, 5.74) is 2.48. The van der Waals surface area contributed by atoms with Crippen LogP contribution in [-0.4, -0.2) is 18.3 Å². The highest BCUT2D eigenvalue weighted by atomic mass is 35.5. The fourth-order valence-electron chi connectivity index (χ4n) is 1.46. The van der Waals surface area contributed by atoms with Gasteiger partial charge in [0.25, 0.3) is 0 Å². The first kappa shape index (κ1) is 13.5. The van der Waals surface area contributed by atoms with Gasteiger partial charge in [-0.15, -0.1) is 0 Å². The Morgan fingerprint density at radius 1 is 1.38 bits per heavy atom. The van der Waals surface area contributed by atoms with Gasteiger partial charge in [0.1, 0.15) is 0 Å². The van der Waals surface area contributed by atoms with E-state index in [1.54, 1.807) is 0 Å². The normalized spacial score (nSPS) is 13.8. The third-order valence-corrected chi connectivity index (χ3v) is 2.87. The Kier molecular flexibility index (Phi) is 6.50. The maximum absolute atomic E-state index is 9.01. The maximum Gasteiger partial charge on any atom is 0.0449 e. The molecule has 0 amide bonds. The Balaban J connectivity index is 2.61. The predicted octanol–water partition coefficient (Wildman–Crippen LogP) is 3.02. The van der Waals surface area contributed by atoms with E-state index in [0.717, 1.165) is 5.56 Å². The van der Waals surface area contributed by atoms with Crippen LogP contribution in [0.5, 0.6) is 0 Å². The quantitative estimate of drug-likeness (QED) is 0.824. The SMILES string of the molecule is OCCC(NC/C(Cl)=C/Cl)c1ccccc1. The van der Waals surface area contributed by atoms with Crippen LogP contribution in [0.3, 0.4) is 0 Å². The molecule has 16 heavy (non-hydrogen) atoms. The van der Waals surface area contributed by atoms with Crippen LogP contribution in [0.4, 0.5) is 0 Å². The van der Waals surface area contributed by atoms with E-state index in [1.807, 2.05) is 30.3 Å². The van der Waals surface area contributed by atoms with Gasteiger partial charge in [-0.2, -0.15) is 0 Å². The van der Waals surface area contributed by atoms with Crippen molar-refractivity contribution >= 4 is 23.2 Å². The average molecular weight is 260 g/mol. The molecule has 0 fully saturated rings. The zero-order valence-corrected chi connectivity index (χ0v) is 10.4. The van der Waals surface area contributed by atoms with Crippen LogP contribution in [0.25, 0.3) is 0 Å². The molecular weight excluding hydrogens is 245 g/mol. The van der Waals surface area contributed by atoms with Gasteiger partial charge in [-0.25, -0.2) is 0 Å². The van der Waals surface area contributed by atoms with Gasteiger partial charge in [-0.3, -0.25) is 0 Å². The minimum atomic E-state index is 0.0940. The molecule has 2 N–H and O–H groups in total. The summed E-state index contributed by atoms with van der Waals surface area (Å²) in [4.78, 5) is 0. The molecule has 2 nitrogen and oxygen atoms in total. The van der Waals surface area contributed by atoms with Gasteiger partial charge < -0.3 is 10.4 Å². The number of halogens is 2. The molecule has 1 aromatic rings. The third kappa shape index (κ3) is 4.54. The van der Waals surface area contributed by atoms with E-state index < -0.39 is 0 Å². The van der Waals surface area contributed by atoms with Crippen LogP contribution in [0, 0.1) is 0 Å². The summed E-state index contributed by atoms with van der Waals surface area (Å²) in [5.74, 6) is 0. The minimum Gasteiger partial charge on any atom is -0.396 e. The minimum absolute atomic E-state index is 0.0940. The van der Waals surface area contributed by atoms with Gasteiger partial charge in [-0.1, -0.05) is 53.5 Å². The van der Waals surface area contributed by atoms with Crippen molar-refractivity contribution in [3.8, 4) is 0 Å². The van der Waals surface area contributed by atoms with E-state index in [1.165, 1.54) is 5.54 Å². The largest absolute Gasteiger partial charge is 0.396 e. The van der Waals surface area contributed by atoms with E-state index in [4.69, 9.17) is 28.3 Å². The lowest BCUT2D eigenvalue weighted by atomic mass is 10.0. The lowest BCUT2D eigenvalue weighted by molar-refractivity contribution is 0.267. The van der Waals surface area contributed by atoms with Gasteiger partial charge in [0.15, 0.2) is 0 Å². The van der Waals surface area contributed by atoms with E-state index in [9.17, 15) is 0 Å². The van der Waals surface area contributed by atoms with Crippen molar-refractivity contribution < 1.29 is 5.11 Å². The number of hydrogen-bond donors (Lipinski definition) is 2. The molecule has 0 spiro atoms. The van der Waals surface area contributed by atoms with E-state index >= 15 is 0 Å². The predicted molar refractivity (Wildman–Crippen MR) is 68.7 cm³/mol. The third-order valence-electron chi connectivity index (χ3n) is 2.26. The van der Waals surface area contributed by atoms with Gasteiger partial charge in [0, 0.05) is 29.8 Å². The molecule has 1 rings (SSSR count). The van der Waals surface area contributed by atoms with Crippen molar-refractivity contribution in [1.82, 2.24) is 5.32 Å². The zero-order chi connectivity index (χ0) is 11.8. The molecule has 0 saturated heterocycles. The maximum atomic E-state index is 9.01. The Labute approximate surface area is 106 Å². The molecular formula is C12H15Cl2NO. The molecule has 88 valence electrons. The highest BCUT2D eigenvalue weighted by Crippen LogP contribution is 2.16. The molecule has 0 aliphatic rings. The number of aliphatic hydroxyl groups is 1. The second-order valence-electron chi connectivity index (χ2n) is 3.41. The van der Waals surface area contributed by atoms with Crippen LogP contribution >= 0.6 is 23.2 Å². The number of rotatable bonds is 6. The highest BCUT2D eigenvalue weighted by molar-refractivity contribution is 6.36. The monoisotopic (exact) mass is 259 g/mol. The standard InChI is InChI=1S/C12H15Cl2NO/c13-8-11(14)9-15-12(6-7-16)10-4-2-1-3-5-10/h1-5,8,12,15-16H,6-7,9H2/b11-8-. The van der Waals surface area contributed by atoms with E-state index in [-0.39, 0.29) is 12.6 Å². The van der Waals surface area contributed by atoms with Crippen LogP contribution in [0.15, 0.2) is 40.9 Å². The number of benzene rings is 1. The van der Waals surface area contributed by atoms with Gasteiger partial charge in [0.05, 0.1) is 0 Å². The Morgan fingerprint density at radius 2 is 2.06 bits per heavy atom. The Bertz CT molecular complexity index is 327. The Hall–Kier alpha value is -0.540. The fraction of sp³-hybridized carbons (Fsp3) is 0.333. The summed E-state index contributed by atoms with van der Waals surface area (Å²) in [6.07, 6.45) is 0.649. The first-order valence-corrected chi connectivity index (χ1v) is 5.93. The summed E-state index contributed by atoms with van der Waals surface area (Å²) in [5, 5.41) is 12.8. The van der Waals surface area contributed by atoms with Crippen LogP contribution < -0.4 is 5.32 Å². The zero-order valence-electron chi connectivity index (χ0n) is 8.87. The summed E-state index contributed by atoms with van der Waals surface area (Å²) >= 11 is 11.3. The van der Waals surface area contributed by atoms with Crippen molar-refractivity contribution in [3.05, 3.63) is 46.5 Å². The molecule has 1 atom stereocenters. The Morgan fingerprint density at radius 3 is 2.62 bits per heavy atom. The van der Waals surface area contributed by atoms with E-state index in [0.29, 0.717) is 18.0 Å². The summed E-state index contributed by atoms with van der Waals surface area (Å²) in [7, 11) is 0. The molecule has 4 heteroatoms. The first-order valence-electron chi connectivity index (χ1n) is 5.12. The van der Waals surface area contributed by atoms with Gasteiger partial charge in [-0.05, 0) is 12.0 Å². The smallest absolute Gasteiger partial charge is 0.0449 e. The van der Waals surface area contributed by atoms with Crippen molar-refractivity contribution in [2.45, 2.75) is 12.5 Å². The molecule has 1 aromatic carbocycles. The number of hydrogen-bond acceptors (Lipinski definition) is 2. The lowest BCUT2D eigenvalue weighted by Crippen LogP contribution is -2.23. The first-order chi connectivity index (χ1) is 7.77. The van der Waals surface area contributed by atoms with Crippen LogP contribution in [0.2, 0.25) is 0 Å². The molecule has 0 aliphatic heterocycles. The second-order valence-corrected chi connectivity index (χ2v) is 4.12. The van der Waals surface area contributed by atoms with Crippen molar-refractivity contribution in [1.29, 1.82) is 0 Å². The molecule has 0 aromatic heterocycles. The van der Waals surface area contributed by atoms with Crippen LogP contribution in [-0.2, 0) is 0 Å². The summed E-state index contributed by atoms with van der Waals surface area (Å²) in [6.45, 7) is 0.638. The molecule has 0 bridgehead atoms. The van der Waals surface area contributed by atoms with E-state index in [2.05, 4.69) is 5.32 Å². The van der Waals surface area contributed by atoms with Gasteiger partial charge in [0.2, 0.25) is 0 Å². The summed E-state index contributed by atoms with van der Waals surface area (Å²) < 4.78 is 0. The molecule has 0 heterocycles.